The number of nitrogens with one attached hydrogen (secondary N) is 1. The van der Waals surface area contributed by atoms with E-state index in [1.807, 2.05) is 87.1 Å². The van der Waals surface area contributed by atoms with E-state index in [0.29, 0.717) is 54.2 Å². The first-order valence-electron chi connectivity index (χ1n) is 22.2. The van der Waals surface area contributed by atoms with Crippen LogP contribution >= 0.6 is 0 Å². The molecule has 6 heterocycles. The van der Waals surface area contributed by atoms with Gasteiger partial charge < -0.3 is 53.2 Å². The molecule has 1 amide bonds. The van der Waals surface area contributed by atoms with Gasteiger partial charge in [0.05, 0.1) is 13.1 Å². The van der Waals surface area contributed by atoms with Crippen molar-refractivity contribution in [2.45, 2.75) is 39.1 Å². The van der Waals surface area contributed by atoms with Crippen LogP contribution in [0.15, 0.2) is 94.5 Å². The highest BCUT2D eigenvalue weighted by molar-refractivity contribution is 5.78. The molecule has 0 radical (unpaired) electrons. The Kier molecular flexibility index (Phi) is 14.8. The molecule has 2 saturated heterocycles. The average molecular weight is 911 g/mol. The fourth-order valence-electron chi connectivity index (χ4n) is 8.72. The highest BCUT2D eigenvalue weighted by atomic mass is 16.5. The molecule has 2 aromatic carbocycles. The number of aliphatic hydroxyl groups is 2. The minimum absolute atomic E-state index is 0.0657. The zero-order valence-electron chi connectivity index (χ0n) is 37.8. The molecule has 0 spiro atoms. The van der Waals surface area contributed by atoms with Crippen molar-refractivity contribution in [2.24, 2.45) is 35.5 Å². The van der Waals surface area contributed by atoms with Crippen LogP contribution in [0, 0.1) is 59.2 Å². The monoisotopic (exact) mass is 910 g/mol. The molecule has 2 saturated carbocycles. The lowest BCUT2D eigenvalue weighted by Crippen LogP contribution is -2.34. The minimum Gasteiger partial charge on any atom is -0.480 e. The number of hydrogen-bond acceptors (Lipinski definition) is 13. The van der Waals surface area contributed by atoms with E-state index in [0.717, 1.165) is 77.4 Å². The van der Waals surface area contributed by atoms with E-state index < -0.39 is 18.2 Å². The SMILES string of the molecule is COCC(=O)N1C[C@@H]2C(C#Cc3ccc(-c4cc(Cn5ccnc5[C@H](C)O)no4)cc3)[C@@H]2C1.COCC(=O)O.C[C@H](O)c1nccn1Cc1cc(-c2ccc(C#CC3[C@H]4CNC[C@@H]34)cc2)on1. The van der Waals surface area contributed by atoms with E-state index in [4.69, 9.17) is 18.9 Å². The maximum Gasteiger partial charge on any atom is 0.329 e. The second-order valence-electron chi connectivity index (χ2n) is 17.2. The highest BCUT2D eigenvalue weighted by Crippen LogP contribution is 2.51. The molecule has 67 heavy (non-hydrogen) atoms. The van der Waals surface area contributed by atoms with Crippen LogP contribution in [0.2, 0.25) is 0 Å². The van der Waals surface area contributed by atoms with E-state index in [2.05, 4.69) is 54.0 Å². The Hall–Kier alpha value is -6.86. The van der Waals surface area contributed by atoms with Crippen LogP contribution in [0.3, 0.4) is 0 Å². The molecule has 0 bridgehead atoms. The Morgan fingerprint density at radius 2 is 1.16 bits per heavy atom. The first kappa shape index (κ1) is 46.7. The number of carbonyl (C=O) groups is 2. The Morgan fingerprint density at radius 3 is 1.57 bits per heavy atom. The Balaban J connectivity index is 0.000000164. The van der Waals surface area contributed by atoms with Crippen LogP contribution < -0.4 is 5.32 Å². The average Bonchev–Trinajstić information content (AvgIpc) is 3.98. The van der Waals surface area contributed by atoms with Gasteiger partial charge in [-0.1, -0.05) is 34.0 Å². The number of aliphatic carboxylic acids is 1. The predicted octanol–water partition coefficient (Wildman–Crippen LogP) is 4.52. The molecular formula is C50H54N8O9. The summed E-state index contributed by atoms with van der Waals surface area (Å²) in [6.07, 6.45) is 5.71. The van der Waals surface area contributed by atoms with Crippen LogP contribution in [0.1, 0.15) is 60.2 Å². The summed E-state index contributed by atoms with van der Waals surface area (Å²) in [6, 6.07) is 19.8. The molecule has 2 unspecified atom stereocenters. The molecule has 2 aliphatic carbocycles. The van der Waals surface area contributed by atoms with Crippen molar-refractivity contribution in [1.29, 1.82) is 0 Å². The number of carboxylic acid groups (broad SMARTS) is 1. The molecular weight excluding hydrogens is 857 g/mol. The summed E-state index contributed by atoms with van der Waals surface area (Å²) in [7, 11) is 2.89. The first-order chi connectivity index (χ1) is 32.5. The van der Waals surface area contributed by atoms with Gasteiger partial charge in [0.1, 0.15) is 48.5 Å². The fourth-order valence-corrected chi connectivity index (χ4v) is 8.72. The quantitative estimate of drug-likeness (QED) is 0.124. The Bertz CT molecular complexity index is 2730. The van der Waals surface area contributed by atoms with E-state index >= 15 is 0 Å². The number of aromatic nitrogens is 6. The number of hydrogen-bond donors (Lipinski definition) is 4. The normalized spacial score (nSPS) is 21.4. The van der Waals surface area contributed by atoms with Crippen molar-refractivity contribution in [3.63, 3.8) is 0 Å². The smallest absolute Gasteiger partial charge is 0.329 e. The maximum absolute atomic E-state index is 11.9. The molecule has 348 valence electrons. The summed E-state index contributed by atoms with van der Waals surface area (Å²) in [5.74, 6) is 18.6. The largest absolute Gasteiger partial charge is 0.480 e. The van der Waals surface area contributed by atoms with Crippen molar-refractivity contribution < 1.29 is 43.4 Å². The third kappa shape index (κ3) is 11.6. The number of ether oxygens (including phenoxy) is 2. The number of imidazole rings is 2. The predicted molar refractivity (Wildman–Crippen MR) is 243 cm³/mol. The number of likely N-dealkylation sites (tertiary alicyclic amines) is 1. The summed E-state index contributed by atoms with van der Waals surface area (Å²) in [4.78, 5) is 31.6. The second-order valence-corrected chi connectivity index (χ2v) is 17.2. The molecule has 10 rings (SSSR count). The van der Waals surface area contributed by atoms with Crippen molar-refractivity contribution in [3.8, 4) is 46.3 Å². The van der Waals surface area contributed by atoms with Crippen molar-refractivity contribution in [3.05, 3.63) is 120 Å². The van der Waals surface area contributed by atoms with Crippen LogP contribution in [-0.2, 0) is 32.2 Å². The van der Waals surface area contributed by atoms with Gasteiger partial charge in [-0.3, -0.25) is 4.79 Å². The number of fused-ring (bicyclic) bond motifs is 2. The van der Waals surface area contributed by atoms with Gasteiger partial charge >= 0.3 is 5.97 Å². The van der Waals surface area contributed by atoms with E-state index in [1.165, 1.54) is 7.11 Å². The summed E-state index contributed by atoms with van der Waals surface area (Å²) in [5, 5.41) is 39.1. The zero-order chi connectivity index (χ0) is 47.0. The molecule has 4 aromatic heterocycles. The number of methoxy groups -OCH3 is 2. The van der Waals surface area contributed by atoms with Gasteiger partial charge in [0, 0.05) is 98.3 Å². The summed E-state index contributed by atoms with van der Waals surface area (Å²) < 4.78 is 23.9. The molecule has 17 heteroatoms. The molecule has 4 fully saturated rings. The maximum atomic E-state index is 11.9. The molecule has 2 aliphatic heterocycles. The summed E-state index contributed by atoms with van der Waals surface area (Å²) >= 11 is 0. The van der Waals surface area contributed by atoms with E-state index in [-0.39, 0.29) is 19.1 Å². The van der Waals surface area contributed by atoms with Crippen LogP contribution in [-0.4, -0.2) is 115 Å². The third-order valence-corrected chi connectivity index (χ3v) is 12.3. The Morgan fingerprint density at radius 1 is 0.716 bits per heavy atom. The molecule has 4 aliphatic rings. The zero-order valence-corrected chi connectivity index (χ0v) is 37.8. The number of benzene rings is 2. The summed E-state index contributed by atoms with van der Waals surface area (Å²) in [5.41, 5.74) is 5.42. The molecule has 17 nitrogen and oxygen atoms in total. The topological polar surface area (TPSA) is 216 Å². The number of rotatable bonds is 12. The summed E-state index contributed by atoms with van der Waals surface area (Å²) in [6.45, 7) is 8.13. The number of nitrogens with zero attached hydrogens (tertiary/aromatic N) is 7. The lowest BCUT2D eigenvalue weighted by Gasteiger charge is -2.18. The van der Waals surface area contributed by atoms with Gasteiger partial charge in [0.15, 0.2) is 11.5 Å². The van der Waals surface area contributed by atoms with E-state index in [9.17, 15) is 19.8 Å². The molecule has 6 aromatic rings. The van der Waals surface area contributed by atoms with Gasteiger partial charge in [-0.15, -0.1) is 0 Å². The van der Waals surface area contributed by atoms with Crippen molar-refractivity contribution >= 4 is 11.9 Å². The second kappa shape index (κ2) is 21.2. The standard InChI is InChI=1S/C25H26N4O4.C22H22N4O2.C3H6O3/c1-16(30)25-26-9-10-28(25)12-19-11-23(33-27-19)18-6-3-17(4-7-18)5-8-20-21-13-29(14-22(20)21)24(31)15-32-2;1-14(27)22-24-8-9-26(22)13-17-10-21(28-25-17)16-5-2-15(3-6-16)4-7-18-19-11-23-12-20(18)19;1-6-2-3(4)5/h3-4,6-7,9-11,16,20-22,30H,12-15H2,1-2H3;2-3,5-6,8-10,14,18-20,23,27H,11-13H2,1H3;2H2,1H3,(H,4,5)/t16-,20?,21-,22+;14-,18?,19-,20+;/m00./s1. The van der Waals surface area contributed by atoms with Gasteiger partial charge in [-0.05, 0) is 99.1 Å². The third-order valence-electron chi connectivity index (χ3n) is 12.3. The Labute approximate surface area is 388 Å². The van der Waals surface area contributed by atoms with Gasteiger partial charge in [0.25, 0.3) is 0 Å². The number of amides is 1. The van der Waals surface area contributed by atoms with Crippen LogP contribution in [0.4, 0.5) is 0 Å². The fraction of sp³-hybridized carbons (Fsp3) is 0.400. The van der Waals surface area contributed by atoms with Gasteiger partial charge in [-0.2, -0.15) is 0 Å². The lowest BCUT2D eigenvalue weighted by atomic mass is 10.1. The van der Waals surface area contributed by atoms with Gasteiger partial charge in [0.2, 0.25) is 5.91 Å². The lowest BCUT2D eigenvalue weighted by molar-refractivity contribution is -0.141. The minimum atomic E-state index is -0.933. The van der Waals surface area contributed by atoms with Crippen molar-refractivity contribution in [2.75, 3.05) is 53.6 Å². The van der Waals surface area contributed by atoms with Crippen LogP contribution in [0.5, 0.6) is 0 Å². The first-order valence-corrected chi connectivity index (χ1v) is 22.2. The number of carboxylic acids is 1. The van der Waals surface area contributed by atoms with E-state index in [1.54, 1.807) is 33.4 Å². The number of aliphatic hydroxyl groups excluding tert-OH is 2. The molecule has 4 N–H and O–H groups in total. The molecule has 8 atom stereocenters. The van der Waals surface area contributed by atoms with Crippen LogP contribution in [0.25, 0.3) is 22.6 Å². The van der Waals surface area contributed by atoms with Gasteiger partial charge in [-0.25, -0.2) is 14.8 Å². The number of piperidine rings is 2. The van der Waals surface area contributed by atoms with Crippen molar-refractivity contribution in [1.82, 2.24) is 39.6 Å². The number of carbonyl (C=O) groups excluding carboxylic acids is 1. The highest BCUT2D eigenvalue weighted by Gasteiger charge is 2.56.